The molecule has 9 nitrogen and oxygen atoms in total. The first-order chi connectivity index (χ1) is 15.5. The first kappa shape index (κ1) is 21.3. The van der Waals surface area contributed by atoms with E-state index in [9.17, 15) is 9.90 Å². The number of aromatic nitrogens is 3. The summed E-state index contributed by atoms with van der Waals surface area (Å²) >= 11 is 0. The number of hydrogen-bond acceptors (Lipinski definition) is 7. The number of methoxy groups -OCH3 is 2. The molecule has 0 unspecified atom stereocenters. The highest BCUT2D eigenvalue weighted by Gasteiger charge is 2.43. The zero-order chi connectivity index (χ0) is 22.7. The third kappa shape index (κ3) is 4.13. The van der Waals surface area contributed by atoms with E-state index in [0.29, 0.717) is 40.4 Å². The van der Waals surface area contributed by atoms with Crippen molar-refractivity contribution < 1.29 is 19.4 Å². The molecule has 2 heterocycles. The molecular formula is C23H23N5O4. The van der Waals surface area contributed by atoms with Crippen molar-refractivity contribution in [3.63, 3.8) is 0 Å². The Hall–Kier alpha value is -3.90. The third-order valence-electron chi connectivity index (χ3n) is 5.61. The molecule has 2 N–H and O–H groups in total. The second-order valence-corrected chi connectivity index (χ2v) is 7.70. The van der Waals surface area contributed by atoms with Gasteiger partial charge in [-0.3, -0.25) is 4.79 Å². The summed E-state index contributed by atoms with van der Waals surface area (Å²) in [6, 6.07) is 10.2. The lowest BCUT2D eigenvalue weighted by atomic mass is 10.1. The predicted octanol–water partition coefficient (Wildman–Crippen LogP) is 2.82. The van der Waals surface area contributed by atoms with Crippen LogP contribution >= 0.6 is 0 Å². The molecule has 9 heteroatoms. The number of hydrogen-bond donors (Lipinski definition) is 2. The van der Waals surface area contributed by atoms with Crippen molar-refractivity contribution in [1.29, 1.82) is 5.26 Å². The van der Waals surface area contributed by atoms with Crippen LogP contribution in [0.3, 0.4) is 0 Å². The average Bonchev–Trinajstić information content (AvgIpc) is 3.48. The molecule has 0 radical (unpaired) electrons. The molecule has 0 spiro atoms. The van der Waals surface area contributed by atoms with Gasteiger partial charge in [-0.05, 0) is 49.6 Å². The van der Waals surface area contributed by atoms with Crippen LogP contribution in [-0.4, -0.2) is 52.1 Å². The number of benzene rings is 1. The standard InChI is InChI=1S/C23H23N5O4/c1-31-10-9-23(7-8-23)27-21(29)16-4-6-20(25-13-16)28-22(30)18(14-26-28)17-5-3-15(12-24)11-19(17)32-2/h3-6,11,13-14,30H,7-10H2,1-2H3,(H,27,29). The molecule has 0 atom stereocenters. The average molecular weight is 433 g/mol. The van der Waals surface area contributed by atoms with Gasteiger partial charge in [0.15, 0.2) is 5.82 Å². The summed E-state index contributed by atoms with van der Waals surface area (Å²) < 4.78 is 11.8. The maximum atomic E-state index is 12.6. The van der Waals surface area contributed by atoms with E-state index in [-0.39, 0.29) is 17.3 Å². The van der Waals surface area contributed by atoms with Crippen LogP contribution in [0.4, 0.5) is 0 Å². The molecule has 2 aromatic heterocycles. The van der Waals surface area contributed by atoms with Crippen molar-refractivity contribution in [3.05, 3.63) is 53.9 Å². The maximum Gasteiger partial charge on any atom is 0.253 e. The van der Waals surface area contributed by atoms with Crippen molar-refractivity contribution in [1.82, 2.24) is 20.1 Å². The summed E-state index contributed by atoms with van der Waals surface area (Å²) in [4.78, 5) is 16.9. The van der Waals surface area contributed by atoms with Gasteiger partial charge >= 0.3 is 0 Å². The molecule has 1 aromatic carbocycles. The number of nitrogens with one attached hydrogen (secondary N) is 1. The van der Waals surface area contributed by atoms with Gasteiger partial charge in [0.2, 0.25) is 5.88 Å². The van der Waals surface area contributed by atoms with E-state index in [0.717, 1.165) is 19.3 Å². The van der Waals surface area contributed by atoms with Gasteiger partial charge < -0.3 is 19.9 Å². The lowest BCUT2D eigenvalue weighted by Crippen LogP contribution is -2.37. The van der Waals surface area contributed by atoms with Crippen LogP contribution in [0.15, 0.2) is 42.7 Å². The smallest absolute Gasteiger partial charge is 0.253 e. The van der Waals surface area contributed by atoms with Gasteiger partial charge in [-0.1, -0.05) is 0 Å². The Kier molecular flexibility index (Phi) is 5.79. The highest BCUT2D eigenvalue weighted by Crippen LogP contribution is 2.39. The molecule has 164 valence electrons. The lowest BCUT2D eigenvalue weighted by Gasteiger charge is -2.16. The number of amides is 1. The first-order valence-corrected chi connectivity index (χ1v) is 10.1. The number of nitrogens with zero attached hydrogens (tertiary/aromatic N) is 4. The highest BCUT2D eigenvalue weighted by atomic mass is 16.5. The van der Waals surface area contributed by atoms with E-state index >= 15 is 0 Å². The maximum absolute atomic E-state index is 12.6. The Morgan fingerprint density at radius 1 is 1.25 bits per heavy atom. The minimum Gasteiger partial charge on any atom is -0.496 e. The van der Waals surface area contributed by atoms with Gasteiger partial charge in [-0.2, -0.15) is 15.0 Å². The van der Waals surface area contributed by atoms with Crippen molar-refractivity contribution in [3.8, 4) is 34.6 Å². The fourth-order valence-electron chi connectivity index (χ4n) is 3.53. The first-order valence-electron chi connectivity index (χ1n) is 10.1. The second-order valence-electron chi connectivity index (χ2n) is 7.70. The number of ether oxygens (including phenoxy) is 2. The molecular weight excluding hydrogens is 410 g/mol. The topological polar surface area (TPSA) is 122 Å². The van der Waals surface area contributed by atoms with Gasteiger partial charge in [0.1, 0.15) is 5.75 Å². The number of nitriles is 1. The van der Waals surface area contributed by atoms with Crippen LogP contribution in [0.1, 0.15) is 35.2 Å². The summed E-state index contributed by atoms with van der Waals surface area (Å²) in [7, 11) is 3.14. The molecule has 1 aliphatic carbocycles. The van der Waals surface area contributed by atoms with E-state index in [1.165, 1.54) is 24.2 Å². The number of aromatic hydroxyl groups is 1. The largest absolute Gasteiger partial charge is 0.496 e. The molecule has 1 fully saturated rings. The zero-order valence-electron chi connectivity index (χ0n) is 17.8. The van der Waals surface area contributed by atoms with Crippen molar-refractivity contribution in [2.24, 2.45) is 0 Å². The molecule has 0 bridgehead atoms. The summed E-state index contributed by atoms with van der Waals surface area (Å²) in [5, 5.41) is 27.1. The van der Waals surface area contributed by atoms with Crippen LogP contribution in [0.25, 0.3) is 16.9 Å². The van der Waals surface area contributed by atoms with Crippen LogP contribution in [-0.2, 0) is 4.74 Å². The van der Waals surface area contributed by atoms with Crippen LogP contribution < -0.4 is 10.1 Å². The van der Waals surface area contributed by atoms with Crippen molar-refractivity contribution >= 4 is 5.91 Å². The third-order valence-corrected chi connectivity index (χ3v) is 5.61. The fourth-order valence-corrected chi connectivity index (χ4v) is 3.53. The van der Waals surface area contributed by atoms with Crippen molar-refractivity contribution in [2.45, 2.75) is 24.8 Å². The number of rotatable bonds is 8. The normalized spacial score (nSPS) is 13.9. The fraction of sp³-hybridized carbons (Fsp3) is 0.304. The van der Waals surface area contributed by atoms with Gasteiger partial charge in [-0.25, -0.2) is 4.98 Å². The molecule has 1 amide bonds. The molecule has 4 rings (SSSR count). The van der Waals surface area contributed by atoms with Gasteiger partial charge in [0, 0.05) is 31.0 Å². The van der Waals surface area contributed by atoms with Crippen molar-refractivity contribution in [2.75, 3.05) is 20.8 Å². The van der Waals surface area contributed by atoms with Gasteiger partial charge in [-0.15, -0.1) is 0 Å². The highest BCUT2D eigenvalue weighted by molar-refractivity contribution is 5.94. The second kappa shape index (κ2) is 8.69. The Morgan fingerprint density at radius 3 is 2.69 bits per heavy atom. The van der Waals surface area contributed by atoms with Crippen LogP contribution in [0.5, 0.6) is 11.6 Å². The Labute approximate surface area is 185 Å². The molecule has 3 aromatic rings. The summed E-state index contributed by atoms with van der Waals surface area (Å²) in [5.41, 5.74) is 1.73. The summed E-state index contributed by atoms with van der Waals surface area (Å²) in [6.07, 6.45) is 5.62. The van der Waals surface area contributed by atoms with E-state index < -0.39 is 0 Å². The van der Waals surface area contributed by atoms with E-state index in [1.807, 2.05) is 0 Å². The molecule has 1 aliphatic rings. The molecule has 0 aliphatic heterocycles. The van der Waals surface area contributed by atoms with Gasteiger partial charge in [0.25, 0.3) is 5.91 Å². The zero-order valence-corrected chi connectivity index (χ0v) is 17.8. The molecule has 0 saturated heterocycles. The van der Waals surface area contributed by atoms with E-state index in [4.69, 9.17) is 14.7 Å². The van der Waals surface area contributed by atoms with E-state index in [2.05, 4.69) is 21.5 Å². The Bertz CT molecular complexity index is 1180. The molecule has 32 heavy (non-hydrogen) atoms. The number of pyridine rings is 1. The summed E-state index contributed by atoms with van der Waals surface area (Å²) in [6.45, 7) is 0.600. The summed E-state index contributed by atoms with van der Waals surface area (Å²) in [5.74, 6) is 0.486. The lowest BCUT2D eigenvalue weighted by molar-refractivity contribution is 0.0916. The van der Waals surface area contributed by atoms with Crippen LogP contribution in [0, 0.1) is 11.3 Å². The predicted molar refractivity (Wildman–Crippen MR) is 116 cm³/mol. The van der Waals surface area contributed by atoms with Gasteiger partial charge in [0.05, 0.1) is 36.1 Å². The Balaban J connectivity index is 1.54. The monoisotopic (exact) mass is 433 g/mol. The number of carbonyl (C=O) groups excluding carboxylic acids is 1. The number of carbonyl (C=O) groups is 1. The SMILES string of the molecule is COCCC1(NC(=O)c2ccc(-n3ncc(-c4ccc(C#N)cc4OC)c3O)nc2)CC1. The quantitative estimate of drug-likeness (QED) is 0.560. The minimum absolute atomic E-state index is 0.130. The molecule has 1 saturated carbocycles. The van der Waals surface area contributed by atoms with Crippen LogP contribution in [0.2, 0.25) is 0 Å². The minimum atomic E-state index is -0.189. The Morgan fingerprint density at radius 2 is 2.06 bits per heavy atom. The van der Waals surface area contributed by atoms with E-state index in [1.54, 1.807) is 37.4 Å².